The van der Waals surface area contributed by atoms with Gasteiger partial charge in [0.2, 0.25) is 0 Å². The van der Waals surface area contributed by atoms with E-state index in [2.05, 4.69) is 54.0 Å². The van der Waals surface area contributed by atoms with Gasteiger partial charge >= 0.3 is 0 Å². The molecule has 0 amide bonds. The van der Waals surface area contributed by atoms with Crippen LogP contribution in [0, 0.1) is 6.92 Å². The van der Waals surface area contributed by atoms with E-state index in [0.29, 0.717) is 18.2 Å². The topological polar surface area (TPSA) is 66.4 Å². The van der Waals surface area contributed by atoms with E-state index in [4.69, 9.17) is 25.8 Å². The number of benzene rings is 4. The minimum Gasteiger partial charge on any atom is -0.489 e. The molecule has 1 aromatic heterocycles. The molecule has 7 heteroatoms. The van der Waals surface area contributed by atoms with Crippen molar-refractivity contribution in [2.45, 2.75) is 20.1 Å². The number of nitrogens with zero attached hydrogens (tertiary/aromatic N) is 1. The SMILES string of the molecule is Cc1c(COc2ccc(CNCCO)cc2)cccc1-c1cccc2c(Nc3ccccc3Cl)nsc12. The van der Waals surface area contributed by atoms with Crippen LogP contribution >= 0.6 is 23.1 Å². The fraction of sp³-hybridized carbons (Fsp3) is 0.167. The Morgan fingerprint density at radius 2 is 1.70 bits per heavy atom. The Morgan fingerprint density at radius 3 is 2.51 bits per heavy atom. The van der Waals surface area contributed by atoms with Gasteiger partial charge in [0.15, 0.2) is 5.82 Å². The molecule has 0 spiro atoms. The molecule has 0 saturated heterocycles. The molecule has 0 fully saturated rings. The third-order valence-corrected chi connectivity index (χ3v) is 7.52. The second-order valence-electron chi connectivity index (χ2n) is 8.74. The molecule has 0 saturated carbocycles. The Balaban J connectivity index is 1.35. The molecule has 5 rings (SSSR count). The van der Waals surface area contributed by atoms with Gasteiger partial charge in [0, 0.05) is 24.0 Å². The van der Waals surface area contributed by atoms with Gasteiger partial charge in [0.1, 0.15) is 12.4 Å². The van der Waals surface area contributed by atoms with Gasteiger partial charge in [-0.25, -0.2) is 0 Å². The van der Waals surface area contributed by atoms with E-state index in [1.165, 1.54) is 22.7 Å². The molecule has 5 nitrogen and oxygen atoms in total. The number of aliphatic hydroxyl groups excluding tert-OH is 1. The highest BCUT2D eigenvalue weighted by Crippen LogP contribution is 2.39. The number of hydrogen-bond acceptors (Lipinski definition) is 6. The lowest BCUT2D eigenvalue weighted by Gasteiger charge is -2.14. The van der Waals surface area contributed by atoms with Crippen LogP contribution in [-0.4, -0.2) is 22.6 Å². The number of aromatic nitrogens is 1. The first-order valence-electron chi connectivity index (χ1n) is 12.2. The van der Waals surface area contributed by atoms with Crippen molar-refractivity contribution in [3.8, 4) is 16.9 Å². The summed E-state index contributed by atoms with van der Waals surface area (Å²) < 4.78 is 12.0. The molecule has 1 heterocycles. The Morgan fingerprint density at radius 1 is 0.919 bits per heavy atom. The monoisotopic (exact) mass is 529 g/mol. The molecule has 5 aromatic rings. The van der Waals surface area contributed by atoms with Crippen molar-refractivity contribution >= 4 is 44.7 Å². The van der Waals surface area contributed by atoms with Crippen molar-refractivity contribution in [3.05, 3.63) is 107 Å². The summed E-state index contributed by atoms with van der Waals surface area (Å²) in [6.45, 7) is 4.08. The third-order valence-electron chi connectivity index (χ3n) is 6.30. The molecule has 0 aliphatic carbocycles. The second-order valence-corrected chi connectivity index (χ2v) is 9.92. The molecule has 4 aromatic carbocycles. The van der Waals surface area contributed by atoms with E-state index in [-0.39, 0.29) is 6.61 Å². The number of para-hydroxylation sites is 1. The highest BCUT2D eigenvalue weighted by Gasteiger charge is 2.15. The summed E-state index contributed by atoms with van der Waals surface area (Å²) >= 11 is 7.84. The van der Waals surface area contributed by atoms with Crippen molar-refractivity contribution in [2.75, 3.05) is 18.5 Å². The first-order chi connectivity index (χ1) is 18.1. The quantitative estimate of drug-likeness (QED) is 0.165. The van der Waals surface area contributed by atoms with Gasteiger partial charge < -0.3 is 20.5 Å². The van der Waals surface area contributed by atoms with Gasteiger partial charge in [-0.3, -0.25) is 0 Å². The number of rotatable bonds is 10. The number of hydrogen-bond donors (Lipinski definition) is 3. The highest BCUT2D eigenvalue weighted by molar-refractivity contribution is 7.14. The summed E-state index contributed by atoms with van der Waals surface area (Å²) in [5.74, 6) is 1.64. The molecule has 0 radical (unpaired) electrons. The summed E-state index contributed by atoms with van der Waals surface area (Å²) in [6.07, 6.45) is 0. The predicted molar refractivity (Wildman–Crippen MR) is 154 cm³/mol. The maximum absolute atomic E-state index is 8.91. The van der Waals surface area contributed by atoms with Gasteiger partial charge in [-0.05, 0) is 71.0 Å². The van der Waals surface area contributed by atoms with E-state index < -0.39 is 0 Å². The number of fused-ring (bicyclic) bond motifs is 1. The van der Waals surface area contributed by atoms with Crippen LogP contribution in [0.1, 0.15) is 16.7 Å². The summed E-state index contributed by atoms with van der Waals surface area (Å²) in [5, 5.41) is 17.2. The largest absolute Gasteiger partial charge is 0.489 e. The van der Waals surface area contributed by atoms with Gasteiger partial charge in [0.05, 0.1) is 22.0 Å². The molecule has 0 bridgehead atoms. The molecular formula is C30H28ClN3O2S. The van der Waals surface area contributed by atoms with Gasteiger partial charge in [-0.2, -0.15) is 4.37 Å². The summed E-state index contributed by atoms with van der Waals surface area (Å²) in [4.78, 5) is 0. The van der Waals surface area contributed by atoms with E-state index >= 15 is 0 Å². The fourth-order valence-electron chi connectivity index (χ4n) is 4.26. The zero-order valence-corrected chi connectivity index (χ0v) is 22.1. The van der Waals surface area contributed by atoms with Gasteiger partial charge in [-0.15, -0.1) is 0 Å². The van der Waals surface area contributed by atoms with Crippen molar-refractivity contribution in [2.24, 2.45) is 0 Å². The summed E-state index contributed by atoms with van der Waals surface area (Å²) in [7, 11) is 0. The van der Waals surface area contributed by atoms with E-state index in [9.17, 15) is 0 Å². The Bertz CT molecular complexity index is 1500. The van der Waals surface area contributed by atoms with Crippen LogP contribution in [0.15, 0.2) is 84.9 Å². The molecule has 0 aliphatic heterocycles. The third kappa shape index (κ3) is 5.78. The van der Waals surface area contributed by atoms with E-state index in [0.717, 1.165) is 50.6 Å². The molecule has 0 atom stereocenters. The van der Waals surface area contributed by atoms with Crippen molar-refractivity contribution in [3.63, 3.8) is 0 Å². The maximum Gasteiger partial charge on any atom is 0.152 e. The molecule has 37 heavy (non-hydrogen) atoms. The van der Waals surface area contributed by atoms with E-state index in [1.807, 2.05) is 48.5 Å². The first-order valence-corrected chi connectivity index (χ1v) is 13.3. The summed E-state index contributed by atoms with van der Waals surface area (Å²) in [6, 6.07) is 28.4. The Labute approximate surface area is 225 Å². The maximum atomic E-state index is 8.91. The average Bonchev–Trinajstić information content (AvgIpc) is 3.33. The van der Waals surface area contributed by atoms with Gasteiger partial charge in [-0.1, -0.05) is 66.2 Å². The smallest absolute Gasteiger partial charge is 0.152 e. The molecule has 3 N–H and O–H groups in total. The van der Waals surface area contributed by atoms with Crippen LogP contribution in [-0.2, 0) is 13.2 Å². The minimum atomic E-state index is 0.137. The number of anilines is 2. The van der Waals surface area contributed by atoms with Crippen LogP contribution < -0.4 is 15.4 Å². The molecule has 188 valence electrons. The van der Waals surface area contributed by atoms with Crippen molar-refractivity contribution in [1.29, 1.82) is 0 Å². The van der Waals surface area contributed by atoms with Crippen LogP contribution in [0.2, 0.25) is 5.02 Å². The van der Waals surface area contributed by atoms with Crippen molar-refractivity contribution < 1.29 is 9.84 Å². The number of halogens is 1. The standard InChI is InChI=1S/C30H28ClN3O2S/c1-20-22(19-36-23-14-12-21(13-15-23)18-32-16-17-35)6-4-7-24(20)25-8-5-9-26-29(25)37-34-30(26)33-28-11-3-2-10-27(28)31/h2-15,32,35H,16-19H2,1H3,(H,33,34). The normalized spacial score (nSPS) is 11.1. The molecule has 0 unspecified atom stereocenters. The predicted octanol–water partition coefficient (Wildman–Crippen LogP) is 7.33. The Kier molecular flexibility index (Phi) is 8.02. The molecular weight excluding hydrogens is 502 g/mol. The number of aliphatic hydroxyl groups is 1. The van der Waals surface area contributed by atoms with Crippen LogP contribution in [0.4, 0.5) is 11.5 Å². The lowest BCUT2D eigenvalue weighted by Crippen LogP contribution is -2.17. The number of nitrogens with one attached hydrogen (secondary N) is 2. The van der Waals surface area contributed by atoms with Crippen LogP contribution in [0.5, 0.6) is 5.75 Å². The lowest BCUT2D eigenvalue weighted by atomic mass is 9.96. The molecule has 0 aliphatic rings. The number of ether oxygens (including phenoxy) is 1. The minimum absolute atomic E-state index is 0.137. The Hall–Kier alpha value is -3.42. The van der Waals surface area contributed by atoms with E-state index in [1.54, 1.807) is 0 Å². The summed E-state index contributed by atoms with van der Waals surface area (Å²) in [5.41, 5.74) is 6.65. The van der Waals surface area contributed by atoms with Crippen molar-refractivity contribution in [1.82, 2.24) is 9.69 Å². The lowest BCUT2D eigenvalue weighted by molar-refractivity contribution is 0.292. The van der Waals surface area contributed by atoms with Gasteiger partial charge in [0.25, 0.3) is 0 Å². The second kappa shape index (κ2) is 11.8. The zero-order valence-electron chi connectivity index (χ0n) is 20.5. The van der Waals surface area contributed by atoms with Crippen LogP contribution in [0.3, 0.4) is 0 Å². The highest BCUT2D eigenvalue weighted by atomic mass is 35.5. The van der Waals surface area contributed by atoms with Crippen LogP contribution in [0.25, 0.3) is 21.2 Å². The average molecular weight is 530 g/mol. The zero-order chi connectivity index (χ0) is 25.6. The first kappa shape index (κ1) is 25.2. The fourth-order valence-corrected chi connectivity index (χ4v) is 5.31.